The lowest BCUT2D eigenvalue weighted by molar-refractivity contribution is -0.116. The molecule has 1 aliphatic heterocycles. The number of nitrogens with one attached hydrogen (secondary N) is 1. The fraction of sp³-hybridized carbons (Fsp3) is 0.308. The van der Waals surface area contributed by atoms with Gasteiger partial charge in [0.1, 0.15) is 5.39 Å². The molecule has 3 heterocycles. The molecule has 174 valence electrons. The molecule has 8 heteroatoms. The number of rotatable bonds is 7. The standard InChI is InChI=1S/C26H27N5O2S/c1-3-4-7-18-9-11-19(12-10-18)28-23(32)14-21-16-34-26-29-24-22(25(33)30(21)26)15-27-31(24)20-8-5-6-17(2)13-20/h5-6,8-13,15,21H,3-4,7,14,16H2,1-2H3,(H,28,32). The molecular formula is C26H27N5O2S. The maximum Gasteiger partial charge on any atom is 0.265 e. The molecule has 7 nitrogen and oxygen atoms in total. The average molecular weight is 474 g/mol. The number of carbonyl (C=O) groups excluding carboxylic acids is 1. The van der Waals surface area contributed by atoms with Gasteiger partial charge in [0.2, 0.25) is 5.91 Å². The van der Waals surface area contributed by atoms with Crippen LogP contribution < -0.4 is 10.9 Å². The molecule has 1 amide bonds. The Bertz CT molecular complexity index is 1410. The average Bonchev–Trinajstić information content (AvgIpc) is 3.43. The van der Waals surface area contributed by atoms with Gasteiger partial charge in [-0.2, -0.15) is 5.10 Å². The van der Waals surface area contributed by atoms with Gasteiger partial charge in [-0.3, -0.25) is 14.2 Å². The van der Waals surface area contributed by atoms with Crippen LogP contribution in [-0.2, 0) is 11.2 Å². The molecule has 1 unspecified atom stereocenters. The minimum Gasteiger partial charge on any atom is -0.326 e. The van der Waals surface area contributed by atoms with Gasteiger partial charge in [0.25, 0.3) is 5.56 Å². The van der Waals surface area contributed by atoms with Gasteiger partial charge < -0.3 is 5.32 Å². The predicted octanol–water partition coefficient (Wildman–Crippen LogP) is 4.91. The fourth-order valence-electron chi connectivity index (χ4n) is 4.29. The molecule has 0 spiro atoms. The molecule has 0 radical (unpaired) electrons. The van der Waals surface area contributed by atoms with Crippen molar-refractivity contribution in [3.05, 3.63) is 76.2 Å². The highest BCUT2D eigenvalue weighted by Gasteiger charge is 2.29. The zero-order valence-corrected chi connectivity index (χ0v) is 20.1. The van der Waals surface area contributed by atoms with Crippen molar-refractivity contribution in [3.8, 4) is 5.69 Å². The van der Waals surface area contributed by atoms with Gasteiger partial charge in [-0.05, 0) is 55.2 Å². The van der Waals surface area contributed by atoms with Gasteiger partial charge in [0, 0.05) is 17.9 Å². The van der Waals surface area contributed by atoms with Crippen molar-refractivity contribution in [3.63, 3.8) is 0 Å². The Labute approximate surface area is 202 Å². The van der Waals surface area contributed by atoms with Crippen molar-refractivity contribution in [2.45, 2.75) is 50.7 Å². The third-order valence-corrected chi connectivity index (χ3v) is 7.19. The maximum absolute atomic E-state index is 13.3. The number of fused-ring (bicyclic) bond motifs is 2. The highest BCUT2D eigenvalue weighted by atomic mass is 32.2. The van der Waals surface area contributed by atoms with Crippen molar-refractivity contribution < 1.29 is 4.79 Å². The summed E-state index contributed by atoms with van der Waals surface area (Å²) >= 11 is 1.50. The minimum atomic E-state index is -0.240. The zero-order valence-electron chi connectivity index (χ0n) is 19.3. The lowest BCUT2D eigenvalue weighted by atomic mass is 10.1. The first-order chi connectivity index (χ1) is 16.5. The zero-order chi connectivity index (χ0) is 23.7. The van der Waals surface area contributed by atoms with Crippen LogP contribution in [0.15, 0.2) is 64.7 Å². The van der Waals surface area contributed by atoms with Crippen molar-refractivity contribution in [2.75, 3.05) is 11.1 Å². The molecule has 1 N–H and O–H groups in total. The number of unbranched alkanes of at least 4 members (excludes halogenated alkanes) is 1. The first-order valence-electron chi connectivity index (χ1n) is 11.6. The number of benzene rings is 2. The van der Waals surface area contributed by atoms with E-state index in [0.717, 1.165) is 36.2 Å². The molecule has 4 aromatic rings. The lowest BCUT2D eigenvalue weighted by Crippen LogP contribution is -2.27. The van der Waals surface area contributed by atoms with Crippen molar-refractivity contribution in [1.29, 1.82) is 0 Å². The normalized spacial score (nSPS) is 14.9. The second-order valence-corrected chi connectivity index (χ2v) is 9.71. The molecule has 0 saturated carbocycles. The SMILES string of the molecule is CCCCc1ccc(NC(=O)CC2CSc3nc4c(cnn4-c4cccc(C)c4)c(=O)n32)cc1. The van der Waals surface area contributed by atoms with Crippen molar-refractivity contribution in [1.82, 2.24) is 19.3 Å². The van der Waals surface area contributed by atoms with E-state index in [9.17, 15) is 9.59 Å². The van der Waals surface area contributed by atoms with Crippen LogP contribution >= 0.6 is 11.8 Å². The summed E-state index contributed by atoms with van der Waals surface area (Å²) in [6.45, 7) is 4.19. The van der Waals surface area contributed by atoms with Crippen LogP contribution in [0.3, 0.4) is 0 Å². The first kappa shape index (κ1) is 22.4. The second-order valence-electron chi connectivity index (χ2n) is 8.72. The quantitative estimate of drug-likeness (QED) is 0.386. The molecule has 2 aromatic carbocycles. The number of hydrogen-bond acceptors (Lipinski definition) is 5. The number of aromatic nitrogens is 4. The maximum atomic E-state index is 13.3. The topological polar surface area (TPSA) is 81.8 Å². The van der Waals surface area contributed by atoms with E-state index in [-0.39, 0.29) is 23.9 Å². The Balaban J connectivity index is 1.35. The van der Waals surface area contributed by atoms with Gasteiger partial charge in [0.15, 0.2) is 10.8 Å². The van der Waals surface area contributed by atoms with E-state index in [1.165, 1.54) is 17.3 Å². The summed E-state index contributed by atoms with van der Waals surface area (Å²) in [7, 11) is 0. The van der Waals surface area contributed by atoms with Crippen LogP contribution in [0.4, 0.5) is 5.69 Å². The Morgan fingerprint density at radius 1 is 1.21 bits per heavy atom. The molecule has 1 aliphatic rings. The molecule has 0 saturated heterocycles. The van der Waals surface area contributed by atoms with Gasteiger partial charge >= 0.3 is 0 Å². The van der Waals surface area contributed by atoms with E-state index in [1.54, 1.807) is 15.4 Å². The largest absolute Gasteiger partial charge is 0.326 e. The molecule has 2 aromatic heterocycles. The summed E-state index contributed by atoms with van der Waals surface area (Å²) in [4.78, 5) is 30.8. The smallest absolute Gasteiger partial charge is 0.265 e. The van der Waals surface area contributed by atoms with Crippen molar-refractivity contribution in [2.24, 2.45) is 0 Å². The second kappa shape index (κ2) is 9.46. The number of anilines is 1. The summed E-state index contributed by atoms with van der Waals surface area (Å²) in [5.74, 6) is 0.526. The van der Waals surface area contributed by atoms with Crippen LogP contribution in [0.2, 0.25) is 0 Å². The van der Waals surface area contributed by atoms with Gasteiger partial charge in [-0.15, -0.1) is 0 Å². The minimum absolute atomic E-state index is 0.109. The van der Waals surface area contributed by atoms with Crippen molar-refractivity contribution >= 4 is 34.4 Å². The fourth-order valence-corrected chi connectivity index (χ4v) is 5.42. The van der Waals surface area contributed by atoms with E-state index >= 15 is 0 Å². The van der Waals surface area contributed by atoms with Crippen LogP contribution in [0.5, 0.6) is 0 Å². The molecular weight excluding hydrogens is 446 g/mol. The summed E-state index contributed by atoms with van der Waals surface area (Å²) in [5.41, 5.74) is 4.41. The molecule has 0 fully saturated rings. The number of nitrogens with zero attached hydrogens (tertiary/aromatic N) is 4. The van der Waals surface area contributed by atoms with Gasteiger partial charge in [0.05, 0.1) is 17.9 Å². The number of hydrogen-bond donors (Lipinski definition) is 1. The first-order valence-corrected chi connectivity index (χ1v) is 12.6. The van der Waals surface area contributed by atoms with Crippen LogP contribution in [0.25, 0.3) is 16.7 Å². The summed E-state index contributed by atoms with van der Waals surface area (Å²) in [6, 6.07) is 15.7. The van der Waals surface area contributed by atoms with Gasteiger partial charge in [-0.25, -0.2) is 9.67 Å². The van der Waals surface area contributed by atoms with E-state index in [1.807, 2.05) is 43.3 Å². The molecule has 34 heavy (non-hydrogen) atoms. The Hall–Kier alpha value is -3.39. The van der Waals surface area contributed by atoms with Gasteiger partial charge in [-0.1, -0.05) is 49.4 Å². The Morgan fingerprint density at radius 3 is 2.79 bits per heavy atom. The third kappa shape index (κ3) is 4.37. The predicted molar refractivity (Wildman–Crippen MR) is 136 cm³/mol. The monoisotopic (exact) mass is 473 g/mol. The number of aryl methyl sites for hydroxylation is 2. The highest BCUT2D eigenvalue weighted by molar-refractivity contribution is 7.99. The summed E-state index contributed by atoms with van der Waals surface area (Å²) < 4.78 is 3.36. The van der Waals surface area contributed by atoms with E-state index in [0.29, 0.717) is 21.9 Å². The highest BCUT2D eigenvalue weighted by Crippen LogP contribution is 2.33. The van der Waals surface area contributed by atoms with E-state index in [2.05, 4.69) is 29.5 Å². The number of carbonyl (C=O) groups is 1. The third-order valence-electron chi connectivity index (χ3n) is 6.09. The number of thioether (sulfide) groups is 1. The molecule has 0 aliphatic carbocycles. The lowest BCUT2D eigenvalue weighted by Gasteiger charge is -2.14. The van der Waals surface area contributed by atoms with Crippen LogP contribution in [0, 0.1) is 6.92 Å². The van der Waals surface area contributed by atoms with E-state index in [4.69, 9.17) is 4.98 Å². The molecule has 1 atom stereocenters. The summed E-state index contributed by atoms with van der Waals surface area (Å²) in [6.07, 6.45) is 5.15. The van der Waals surface area contributed by atoms with E-state index < -0.39 is 0 Å². The van der Waals surface area contributed by atoms with Crippen LogP contribution in [-0.4, -0.2) is 31.0 Å². The molecule has 5 rings (SSSR count). The summed E-state index contributed by atoms with van der Waals surface area (Å²) in [5, 5.41) is 8.49. The Kier molecular flexibility index (Phi) is 6.24. The number of amides is 1. The molecule has 0 bridgehead atoms. The Morgan fingerprint density at radius 2 is 2.03 bits per heavy atom. The van der Waals surface area contributed by atoms with Crippen LogP contribution in [0.1, 0.15) is 43.4 Å².